The summed E-state index contributed by atoms with van der Waals surface area (Å²) in [5.41, 5.74) is 1.53. The van der Waals surface area contributed by atoms with E-state index >= 15 is 0 Å². The van der Waals surface area contributed by atoms with E-state index in [1.807, 2.05) is 0 Å². The zero-order valence-corrected chi connectivity index (χ0v) is 9.22. The predicted molar refractivity (Wildman–Crippen MR) is 59.6 cm³/mol. The molecular weight excluding hydrogens is 156 g/mol. The first-order chi connectivity index (χ1) is 6.20. The highest BCUT2D eigenvalue weighted by molar-refractivity contribution is 5.05. The number of hydrogen-bond acceptors (Lipinski definition) is 0. The summed E-state index contributed by atoms with van der Waals surface area (Å²) < 4.78 is 0. The minimum atomic E-state index is 0.815. The van der Waals surface area contributed by atoms with E-state index in [0.717, 1.165) is 17.8 Å². The number of rotatable bonds is 5. The Bertz CT molecular complexity index is 200. The van der Waals surface area contributed by atoms with Crippen molar-refractivity contribution < 1.29 is 0 Å². The van der Waals surface area contributed by atoms with Gasteiger partial charge in [-0.25, -0.2) is 0 Å². The predicted octanol–water partition coefficient (Wildman–Crippen LogP) is 4.19. The molecule has 1 aliphatic rings. The lowest BCUT2D eigenvalue weighted by molar-refractivity contribution is 0.673. The molecule has 0 aromatic carbocycles. The van der Waals surface area contributed by atoms with Crippen molar-refractivity contribution >= 4 is 0 Å². The van der Waals surface area contributed by atoms with E-state index in [2.05, 4.69) is 39.5 Å². The van der Waals surface area contributed by atoms with E-state index in [9.17, 15) is 0 Å². The van der Waals surface area contributed by atoms with Crippen LogP contribution >= 0.6 is 0 Å². The van der Waals surface area contributed by atoms with Crippen molar-refractivity contribution in [2.45, 2.75) is 40.0 Å². The van der Waals surface area contributed by atoms with Gasteiger partial charge in [-0.1, -0.05) is 31.6 Å². The van der Waals surface area contributed by atoms with Gasteiger partial charge in [0.15, 0.2) is 0 Å². The van der Waals surface area contributed by atoms with Crippen LogP contribution in [0.25, 0.3) is 0 Å². The van der Waals surface area contributed by atoms with Gasteiger partial charge in [-0.15, -0.1) is 6.58 Å². The topological polar surface area (TPSA) is 0 Å². The minimum absolute atomic E-state index is 0.815. The fourth-order valence-electron chi connectivity index (χ4n) is 2.09. The molecule has 0 nitrogen and oxygen atoms in total. The lowest BCUT2D eigenvalue weighted by Crippen LogP contribution is -1.80. The van der Waals surface area contributed by atoms with Gasteiger partial charge in [0.2, 0.25) is 0 Å². The summed E-state index contributed by atoms with van der Waals surface area (Å²) in [4.78, 5) is 0. The van der Waals surface area contributed by atoms with Crippen LogP contribution in [0.4, 0.5) is 0 Å². The van der Waals surface area contributed by atoms with Gasteiger partial charge in [0.25, 0.3) is 0 Å². The van der Waals surface area contributed by atoms with Crippen LogP contribution in [-0.4, -0.2) is 0 Å². The minimum Gasteiger partial charge on any atom is -0.103 e. The highest BCUT2D eigenvalue weighted by atomic mass is 14.5. The molecule has 0 heteroatoms. The molecule has 0 radical (unpaired) electrons. The number of hydrogen-bond donors (Lipinski definition) is 0. The van der Waals surface area contributed by atoms with Crippen molar-refractivity contribution in [1.29, 1.82) is 0 Å². The summed E-state index contributed by atoms with van der Waals surface area (Å²) in [5, 5.41) is 0. The average Bonchev–Trinajstić information content (AvgIpc) is 2.76. The van der Waals surface area contributed by atoms with Crippen molar-refractivity contribution in [2.75, 3.05) is 0 Å². The van der Waals surface area contributed by atoms with Crippen LogP contribution in [0.1, 0.15) is 40.0 Å². The lowest BCUT2D eigenvalue weighted by atomic mass is 10.1. The molecule has 0 spiro atoms. The monoisotopic (exact) mass is 178 g/mol. The molecule has 0 aromatic rings. The van der Waals surface area contributed by atoms with Crippen LogP contribution < -0.4 is 0 Å². The van der Waals surface area contributed by atoms with Crippen molar-refractivity contribution in [1.82, 2.24) is 0 Å². The van der Waals surface area contributed by atoms with Gasteiger partial charge in [0, 0.05) is 0 Å². The maximum atomic E-state index is 3.87. The van der Waals surface area contributed by atoms with E-state index in [0.29, 0.717) is 0 Å². The molecule has 74 valence electrons. The van der Waals surface area contributed by atoms with E-state index in [1.165, 1.54) is 24.8 Å². The molecule has 0 heterocycles. The Kier molecular flexibility index (Phi) is 3.77. The van der Waals surface area contributed by atoms with Crippen molar-refractivity contribution in [3.05, 3.63) is 24.3 Å². The summed E-state index contributed by atoms with van der Waals surface area (Å²) in [7, 11) is 0. The SMILES string of the molecule is C=CC1C(C)C1CCC=C(C)CC. The molecule has 13 heavy (non-hydrogen) atoms. The van der Waals surface area contributed by atoms with Gasteiger partial charge in [-0.2, -0.15) is 0 Å². The van der Waals surface area contributed by atoms with Crippen molar-refractivity contribution in [2.24, 2.45) is 17.8 Å². The normalized spacial score (nSPS) is 33.2. The highest BCUT2D eigenvalue weighted by Crippen LogP contribution is 2.49. The molecule has 0 amide bonds. The fraction of sp³-hybridized carbons (Fsp3) is 0.692. The molecule has 1 rings (SSSR count). The Morgan fingerprint density at radius 3 is 2.62 bits per heavy atom. The Labute approximate surface area is 82.7 Å². The first-order valence-corrected chi connectivity index (χ1v) is 5.48. The van der Waals surface area contributed by atoms with Gasteiger partial charge in [0.05, 0.1) is 0 Å². The maximum Gasteiger partial charge on any atom is -0.0176 e. The van der Waals surface area contributed by atoms with E-state index in [1.54, 1.807) is 0 Å². The third-order valence-corrected chi connectivity index (χ3v) is 3.46. The van der Waals surface area contributed by atoms with Crippen LogP contribution in [0, 0.1) is 17.8 Å². The molecular formula is C13H22. The molecule has 3 atom stereocenters. The molecule has 0 bridgehead atoms. The van der Waals surface area contributed by atoms with Crippen LogP contribution in [-0.2, 0) is 0 Å². The Balaban J connectivity index is 2.18. The molecule has 0 aromatic heterocycles. The van der Waals surface area contributed by atoms with Gasteiger partial charge in [-0.05, 0) is 43.9 Å². The quantitative estimate of drug-likeness (QED) is 0.554. The molecule has 0 N–H and O–H groups in total. The first kappa shape index (κ1) is 10.6. The van der Waals surface area contributed by atoms with Gasteiger partial charge in [0.1, 0.15) is 0 Å². The standard InChI is InChI=1S/C13H22/c1-5-10(3)8-7-9-13-11(4)12(13)6-2/h6,8,11-13H,2,5,7,9H2,1,3-4H3. The van der Waals surface area contributed by atoms with Gasteiger partial charge >= 0.3 is 0 Å². The van der Waals surface area contributed by atoms with Gasteiger partial charge in [-0.3, -0.25) is 0 Å². The second-order valence-electron chi connectivity index (χ2n) is 4.32. The molecule has 1 aliphatic carbocycles. The van der Waals surface area contributed by atoms with E-state index < -0.39 is 0 Å². The summed E-state index contributed by atoms with van der Waals surface area (Å²) in [5.74, 6) is 2.64. The summed E-state index contributed by atoms with van der Waals surface area (Å²) >= 11 is 0. The van der Waals surface area contributed by atoms with Crippen LogP contribution in [0.5, 0.6) is 0 Å². The first-order valence-electron chi connectivity index (χ1n) is 5.48. The van der Waals surface area contributed by atoms with Crippen molar-refractivity contribution in [3.8, 4) is 0 Å². The van der Waals surface area contributed by atoms with Crippen LogP contribution in [0.15, 0.2) is 24.3 Å². The third-order valence-electron chi connectivity index (χ3n) is 3.46. The Morgan fingerprint density at radius 2 is 2.15 bits per heavy atom. The molecule has 0 saturated heterocycles. The average molecular weight is 178 g/mol. The second-order valence-corrected chi connectivity index (χ2v) is 4.32. The molecule has 1 saturated carbocycles. The number of allylic oxidation sites excluding steroid dienone is 3. The van der Waals surface area contributed by atoms with Crippen LogP contribution in [0.3, 0.4) is 0 Å². The van der Waals surface area contributed by atoms with Crippen molar-refractivity contribution in [3.63, 3.8) is 0 Å². The molecule has 1 fully saturated rings. The lowest BCUT2D eigenvalue weighted by Gasteiger charge is -1.96. The highest BCUT2D eigenvalue weighted by Gasteiger charge is 2.42. The Hall–Kier alpha value is -0.520. The van der Waals surface area contributed by atoms with Crippen LogP contribution in [0.2, 0.25) is 0 Å². The molecule has 0 aliphatic heterocycles. The van der Waals surface area contributed by atoms with E-state index in [-0.39, 0.29) is 0 Å². The summed E-state index contributed by atoms with van der Waals surface area (Å²) in [6.45, 7) is 10.7. The largest absolute Gasteiger partial charge is 0.103 e. The maximum absolute atomic E-state index is 3.87. The zero-order valence-electron chi connectivity index (χ0n) is 9.22. The summed E-state index contributed by atoms with van der Waals surface area (Å²) in [6, 6.07) is 0. The fourth-order valence-corrected chi connectivity index (χ4v) is 2.09. The molecule has 3 unspecified atom stereocenters. The Morgan fingerprint density at radius 1 is 1.46 bits per heavy atom. The third kappa shape index (κ3) is 2.72. The summed E-state index contributed by atoms with van der Waals surface area (Å²) in [6.07, 6.45) is 8.34. The smallest absolute Gasteiger partial charge is 0.0176 e. The zero-order chi connectivity index (χ0) is 9.84. The van der Waals surface area contributed by atoms with E-state index in [4.69, 9.17) is 0 Å². The second kappa shape index (κ2) is 4.64. The van der Waals surface area contributed by atoms with Gasteiger partial charge < -0.3 is 0 Å².